The van der Waals surface area contributed by atoms with E-state index in [1.165, 1.54) is 16.8 Å². The summed E-state index contributed by atoms with van der Waals surface area (Å²) in [6.07, 6.45) is 3.71. The number of anilines is 1. The van der Waals surface area contributed by atoms with Crippen LogP contribution in [0.2, 0.25) is 0 Å². The first-order chi connectivity index (χ1) is 14.9. The molecule has 2 saturated heterocycles. The molecular formula is C21H27N5O4S. The highest BCUT2D eigenvalue weighted by Crippen LogP contribution is 2.25. The van der Waals surface area contributed by atoms with Gasteiger partial charge in [0.2, 0.25) is 5.91 Å². The quantitative estimate of drug-likeness (QED) is 0.697. The Hall–Kier alpha value is -2.72. The number of sulfonamides is 1. The van der Waals surface area contributed by atoms with Crippen molar-refractivity contribution in [3.05, 3.63) is 42.4 Å². The number of ketones is 1. The molecule has 2 aliphatic rings. The van der Waals surface area contributed by atoms with E-state index in [0.717, 1.165) is 18.8 Å². The number of piperidine rings is 1. The number of Topliss-reactive ketones (excluding diaryl/α,β-unsaturated/α-hetero) is 1. The number of nitrogens with zero attached hydrogens (tertiary/aromatic N) is 4. The summed E-state index contributed by atoms with van der Waals surface area (Å²) >= 11 is 0. The molecule has 0 radical (unpaired) electrons. The highest BCUT2D eigenvalue weighted by molar-refractivity contribution is 7.89. The molecule has 1 amide bonds. The zero-order valence-electron chi connectivity index (χ0n) is 17.5. The van der Waals surface area contributed by atoms with Crippen LogP contribution in [0.5, 0.6) is 0 Å². The molecule has 0 aliphatic carbocycles. The van der Waals surface area contributed by atoms with Gasteiger partial charge in [-0.3, -0.25) is 9.59 Å². The van der Waals surface area contributed by atoms with Crippen LogP contribution in [0, 0.1) is 5.92 Å². The predicted octanol–water partition coefficient (Wildman–Crippen LogP) is 1.36. The number of aromatic amines is 1. The maximum absolute atomic E-state index is 13.0. The highest BCUT2D eigenvalue weighted by Gasteiger charge is 2.35. The molecule has 0 unspecified atom stereocenters. The number of H-pyrrole nitrogens is 1. The molecule has 0 bridgehead atoms. The Balaban J connectivity index is 1.29. The number of nitrogens with one attached hydrogen (secondary N) is 1. The third-order valence-corrected chi connectivity index (χ3v) is 7.95. The summed E-state index contributed by atoms with van der Waals surface area (Å²) in [5.41, 5.74) is 1.74. The van der Waals surface area contributed by atoms with Crippen LogP contribution in [-0.2, 0) is 14.8 Å². The van der Waals surface area contributed by atoms with E-state index >= 15 is 0 Å². The van der Waals surface area contributed by atoms with Gasteiger partial charge in [-0.15, -0.1) is 0 Å². The van der Waals surface area contributed by atoms with Crippen molar-refractivity contribution in [3.63, 3.8) is 0 Å². The lowest BCUT2D eigenvalue weighted by molar-refractivity contribution is -0.137. The average Bonchev–Trinajstić information content (AvgIpc) is 3.35. The largest absolute Gasteiger partial charge is 0.368 e. The molecule has 0 spiro atoms. The van der Waals surface area contributed by atoms with Gasteiger partial charge in [-0.2, -0.15) is 4.31 Å². The van der Waals surface area contributed by atoms with Gasteiger partial charge in [0.05, 0.1) is 12.5 Å². The van der Waals surface area contributed by atoms with Crippen molar-refractivity contribution in [3.8, 4) is 0 Å². The first-order valence-electron chi connectivity index (χ1n) is 10.5. The average molecular weight is 446 g/mol. The molecule has 0 saturated carbocycles. The van der Waals surface area contributed by atoms with Gasteiger partial charge in [0, 0.05) is 56.4 Å². The number of carbonyl (C=O) groups is 2. The van der Waals surface area contributed by atoms with Crippen molar-refractivity contribution in [2.75, 3.05) is 44.2 Å². The molecule has 2 aliphatic heterocycles. The minimum absolute atomic E-state index is 0.0466. The van der Waals surface area contributed by atoms with E-state index in [1.54, 1.807) is 6.92 Å². The number of hydrogen-bond donors (Lipinski definition) is 1. The summed E-state index contributed by atoms with van der Waals surface area (Å²) in [6, 6.07) is 7.56. The Morgan fingerprint density at radius 2 is 1.65 bits per heavy atom. The first kappa shape index (κ1) is 21.5. The van der Waals surface area contributed by atoms with E-state index in [1.807, 2.05) is 29.2 Å². The third kappa shape index (κ3) is 4.49. The van der Waals surface area contributed by atoms with E-state index < -0.39 is 10.0 Å². The van der Waals surface area contributed by atoms with Crippen molar-refractivity contribution in [2.24, 2.45) is 5.92 Å². The maximum atomic E-state index is 13.0. The molecule has 10 heteroatoms. The second-order valence-corrected chi connectivity index (χ2v) is 9.92. The topological polar surface area (TPSA) is 107 Å². The summed E-state index contributed by atoms with van der Waals surface area (Å²) in [5, 5.41) is 0.0877. The van der Waals surface area contributed by atoms with Crippen LogP contribution in [0.1, 0.15) is 30.1 Å². The monoisotopic (exact) mass is 445 g/mol. The number of benzene rings is 1. The van der Waals surface area contributed by atoms with Crippen molar-refractivity contribution in [2.45, 2.75) is 24.8 Å². The number of amides is 1. The second-order valence-electron chi connectivity index (χ2n) is 8.01. The first-order valence-corrected chi connectivity index (χ1v) is 11.9. The molecule has 166 valence electrons. The van der Waals surface area contributed by atoms with Crippen molar-refractivity contribution in [1.29, 1.82) is 0 Å². The van der Waals surface area contributed by atoms with Gasteiger partial charge >= 0.3 is 0 Å². The van der Waals surface area contributed by atoms with Gasteiger partial charge in [-0.05, 0) is 44.0 Å². The fraction of sp³-hybridized carbons (Fsp3) is 0.476. The summed E-state index contributed by atoms with van der Waals surface area (Å²) in [5.74, 6) is 0.0187. The van der Waals surface area contributed by atoms with Crippen LogP contribution in [0.3, 0.4) is 0 Å². The summed E-state index contributed by atoms with van der Waals surface area (Å²) in [7, 11) is -3.58. The smallest absolute Gasteiger partial charge is 0.260 e. The number of imidazole rings is 1. The van der Waals surface area contributed by atoms with E-state index in [4.69, 9.17) is 0 Å². The Morgan fingerprint density at radius 1 is 1.00 bits per heavy atom. The summed E-state index contributed by atoms with van der Waals surface area (Å²) in [4.78, 5) is 35.0. The fourth-order valence-electron chi connectivity index (χ4n) is 4.22. The number of rotatable bonds is 5. The lowest BCUT2D eigenvalue weighted by atomic mass is 9.96. The third-order valence-electron chi connectivity index (χ3n) is 6.12. The number of hydrogen-bond acceptors (Lipinski definition) is 6. The minimum Gasteiger partial charge on any atom is -0.368 e. The Kier molecular flexibility index (Phi) is 6.10. The van der Waals surface area contributed by atoms with E-state index in [-0.39, 0.29) is 22.6 Å². The molecular weight excluding hydrogens is 418 g/mol. The van der Waals surface area contributed by atoms with Crippen molar-refractivity contribution < 1.29 is 18.0 Å². The number of piperazine rings is 1. The molecule has 0 atom stereocenters. The molecule has 1 aromatic carbocycles. The van der Waals surface area contributed by atoms with Gasteiger partial charge in [0.25, 0.3) is 10.0 Å². The lowest BCUT2D eigenvalue weighted by Gasteiger charge is -2.39. The molecule has 1 N–H and O–H groups in total. The predicted molar refractivity (Wildman–Crippen MR) is 115 cm³/mol. The van der Waals surface area contributed by atoms with Crippen LogP contribution >= 0.6 is 0 Å². The summed E-state index contributed by atoms with van der Waals surface area (Å²) < 4.78 is 26.6. The number of aromatic nitrogens is 2. The molecule has 31 heavy (non-hydrogen) atoms. The van der Waals surface area contributed by atoms with Gasteiger partial charge < -0.3 is 14.8 Å². The Labute approximate surface area is 182 Å². The second kappa shape index (κ2) is 8.80. The molecule has 3 heterocycles. The molecule has 1 aromatic heterocycles. The zero-order valence-corrected chi connectivity index (χ0v) is 18.3. The minimum atomic E-state index is -3.58. The molecule has 9 nitrogen and oxygen atoms in total. The van der Waals surface area contributed by atoms with Gasteiger partial charge in [0.15, 0.2) is 10.8 Å². The van der Waals surface area contributed by atoms with Crippen molar-refractivity contribution >= 4 is 27.4 Å². The standard InChI is InChI=1S/C21H27N5O4S/c1-16(27)17-2-4-19(5-3-17)24-10-12-25(13-11-24)21(28)18-6-8-26(9-7-18)31(29,30)20-14-22-15-23-20/h2-5,14-15,18H,6-13H2,1H3,(H,22,23). The fourth-order valence-corrected chi connectivity index (χ4v) is 5.58. The Bertz CT molecular complexity index is 1020. The Morgan fingerprint density at radius 3 is 2.19 bits per heavy atom. The highest BCUT2D eigenvalue weighted by atomic mass is 32.2. The zero-order chi connectivity index (χ0) is 22.0. The molecule has 2 aromatic rings. The van der Waals surface area contributed by atoms with E-state index in [9.17, 15) is 18.0 Å². The van der Waals surface area contributed by atoms with Crippen LogP contribution in [0.4, 0.5) is 5.69 Å². The molecule has 2 fully saturated rings. The lowest BCUT2D eigenvalue weighted by Crippen LogP contribution is -2.52. The van der Waals surface area contributed by atoms with Crippen LogP contribution in [0.15, 0.2) is 41.8 Å². The van der Waals surface area contributed by atoms with Crippen LogP contribution < -0.4 is 4.90 Å². The van der Waals surface area contributed by atoms with E-state index in [2.05, 4.69) is 14.9 Å². The SMILES string of the molecule is CC(=O)c1ccc(N2CCN(C(=O)C3CCN(S(=O)(=O)c4cnc[nH]4)CC3)CC2)cc1. The van der Waals surface area contributed by atoms with Crippen LogP contribution in [0.25, 0.3) is 0 Å². The summed E-state index contributed by atoms with van der Waals surface area (Å²) in [6.45, 7) is 4.97. The normalized spacial score (nSPS) is 18.9. The number of carbonyl (C=O) groups excluding carboxylic acids is 2. The van der Waals surface area contributed by atoms with E-state index in [0.29, 0.717) is 44.6 Å². The van der Waals surface area contributed by atoms with Gasteiger partial charge in [-0.25, -0.2) is 13.4 Å². The molecule has 4 rings (SSSR count). The van der Waals surface area contributed by atoms with Crippen molar-refractivity contribution in [1.82, 2.24) is 19.2 Å². The van der Waals surface area contributed by atoms with Gasteiger partial charge in [-0.1, -0.05) is 0 Å². The van der Waals surface area contributed by atoms with Gasteiger partial charge in [0.1, 0.15) is 0 Å². The maximum Gasteiger partial charge on any atom is 0.260 e. The van der Waals surface area contributed by atoms with Crippen LogP contribution in [-0.4, -0.2) is 78.5 Å².